The Bertz CT molecular complexity index is 171. The summed E-state index contributed by atoms with van der Waals surface area (Å²) in [6.45, 7) is 1.36. The van der Waals surface area contributed by atoms with Crippen molar-refractivity contribution in [2.75, 3.05) is 7.11 Å². The van der Waals surface area contributed by atoms with E-state index in [4.69, 9.17) is 5.26 Å². The van der Waals surface area contributed by atoms with Crippen molar-refractivity contribution in [2.24, 2.45) is 5.73 Å². The van der Waals surface area contributed by atoms with Gasteiger partial charge in [0.05, 0.1) is 13.2 Å². The lowest BCUT2D eigenvalue weighted by Crippen LogP contribution is -2.07. The highest BCUT2D eigenvalue weighted by Gasteiger charge is 1.84. The number of carbonyl (C=O) groups is 2. The molecule has 0 aromatic carbocycles. The lowest BCUT2D eigenvalue weighted by Gasteiger charge is -1.80. The van der Waals surface area contributed by atoms with Crippen molar-refractivity contribution in [2.45, 2.75) is 13.3 Å². The average molecular weight is 158 g/mol. The van der Waals surface area contributed by atoms with Gasteiger partial charge in [-0.25, -0.2) is 0 Å². The van der Waals surface area contributed by atoms with Crippen molar-refractivity contribution in [3.8, 4) is 6.07 Å². The van der Waals surface area contributed by atoms with Gasteiger partial charge >= 0.3 is 5.97 Å². The normalized spacial score (nSPS) is 6.64. The molecule has 0 aromatic rings. The molecule has 11 heavy (non-hydrogen) atoms. The smallest absolute Gasteiger partial charge is 0.302 e. The molecule has 0 aromatic heterocycles. The molecular formula is C6H10N2O3. The van der Waals surface area contributed by atoms with Crippen LogP contribution < -0.4 is 5.73 Å². The Hall–Kier alpha value is -1.57. The third-order valence-electron chi connectivity index (χ3n) is 0.541. The monoisotopic (exact) mass is 158 g/mol. The molecule has 62 valence electrons. The quantitative estimate of drug-likeness (QED) is 0.523. The van der Waals surface area contributed by atoms with Gasteiger partial charge in [-0.1, -0.05) is 0 Å². The third kappa shape index (κ3) is 29.6. The largest absolute Gasteiger partial charge is 0.469 e. The highest BCUT2D eigenvalue weighted by Crippen LogP contribution is 1.64. The number of ether oxygens (including phenoxy) is 1. The Morgan fingerprint density at radius 1 is 1.64 bits per heavy atom. The molecule has 0 bridgehead atoms. The number of nitrogens with zero attached hydrogens (tertiary/aromatic N) is 1. The van der Waals surface area contributed by atoms with E-state index in [2.05, 4.69) is 10.5 Å². The summed E-state index contributed by atoms with van der Waals surface area (Å²) >= 11 is 0. The first-order valence-electron chi connectivity index (χ1n) is 2.74. The van der Waals surface area contributed by atoms with Crippen molar-refractivity contribution < 1.29 is 14.3 Å². The number of methoxy groups -OCH3 is 1. The van der Waals surface area contributed by atoms with Crippen molar-refractivity contribution >= 4 is 11.9 Å². The maximum atomic E-state index is 9.60. The van der Waals surface area contributed by atoms with Crippen LogP contribution in [-0.4, -0.2) is 19.0 Å². The Labute approximate surface area is 64.7 Å². The van der Waals surface area contributed by atoms with Gasteiger partial charge in [0.15, 0.2) is 0 Å². The van der Waals surface area contributed by atoms with Crippen molar-refractivity contribution in [3.63, 3.8) is 0 Å². The fraction of sp³-hybridized carbons (Fsp3) is 0.500. The van der Waals surface area contributed by atoms with Crippen molar-refractivity contribution in [1.29, 1.82) is 5.26 Å². The Morgan fingerprint density at radius 3 is 2.00 bits per heavy atom. The molecule has 0 unspecified atom stereocenters. The average Bonchev–Trinajstić information content (AvgIpc) is 1.89. The second kappa shape index (κ2) is 8.43. The molecule has 0 rings (SSSR count). The number of primary amides is 1. The van der Waals surface area contributed by atoms with Crippen LogP contribution in [0.2, 0.25) is 0 Å². The Balaban J connectivity index is 0. The van der Waals surface area contributed by atoms with Crippen LogP contribution in [0.25, 0.3) is 0 Å². The zero-order valence-electron chi connectivity index (χ0n) is 6.46. The molecule has 5 nitrogen and oxygen atoms in total. The molecule has 0 saturated carbocycles. The molecule has 0 heterocycles. The van der Waals surface area contributed by atoms with Crippen LogP contribution in [0.15, 0.2) is 0 Å². The molecule has 0 aliphatic rings. The van der Waals surface area contributed by atoms with Crippen LogP contribution in [0.5, 0.6) is 0 Å². The zero-order valence-corrected chi connectivity index (χ0v) is 6.46. The lowest BCUT2D eigenvalue weighted by molar-refractivity contribution is -0.137. The summed E-state index contributed by atoms with van der Waals surface area (Å²) < 4.78 is 4.11. The first-order chi connectivity index (χ1) is 5.04. The molecule has 0 atom stereocenters. The van der Waals surface area contributed by atoms with Crippen LogP contribution in [0.1, 0.15) is 13.3 Å². The van der Waals surface area contributed by atoms with Crippen LogP contribution in [0.3, 0.4) is 0 Å². The van der Waals surface area contributed by atoms with Gasteiger partial charge in [0.25, 0.3) is 0 Å². The number of nitriles is 1. The van der Waals surface area contributed by atoms with Gasteiger partial charge in [0.2, 0.25) is 5.91 Å². The summed E-state index contributed by atoms with van der Waals surface area (Å²) in [4.78, 5) is 19.2. The summed E-state index contributed by atoms with van der Waals surface area (Å²) in [5, 5.41) is 7.69. The minimum absolute atomic E-state index is 0.181. The van der Waals surface area contributed by atoms with E-state index in [-0.39, 0.29) is 12.4 Å². The van der Waals surface area contributed by atoms with E-state index in [1.807, 2.05) is 0 Å². The predicted octanol–water partition coefficient (Wildman–Crippen LogP) is -0.435. The van der Waals surface area contributed by atoms with Crippen LogP contribution >= 0.6 is 0 Å². The fourth-order valence-electron chi connectivity index (χ4n) is 0.0779. The van der Waals surface area contributed by atoms with Gasteiger partial charge in [-0.3, -0.25) is 9.59 Å². The Kier molecular flexibility index (Phi) is 9.30. The molecule has 0 aliphatic heterocycles. The van der Waals surface area contributed by atoms with E-state index in [1.165, 1.54) is 14.0 Å². The maximum Gasteiger partial charge on any atom is 0.302 e. The first-order valence-corrected chi connectivity index (χ1v) is 2.74. The number of nitrogens with two attached hydrogens (primary N) is 1. The van der Waals surface area contributed by atoms with Gasteiger partial charge in [-0.15, -0.1) is 0 Å². The summed E-state index contributed by atoms with van der Waals surface area (Å²) in [5.74, 6) is -0.817. The molecule has 2 N–H and O–H groups in total. The second-order valence-electron chi connectivity index (χ2n) is 1.50. The van der Waals surface area contributed by atoms with E-state index >= 15 is 0 Å². The molecule has 0 fully saturated rings. The Morgan fingerprint density at radius 2 is 2.00 bits per heavy atom. The van der Waals surface area contributed by atoms with Crippen LogP contribution in [0, 0.1) is 11.3 Å². The number of esters is 1. The topological polar surface area (TPSA) is 93.2 Å². The van der Waals surface area contributed by atoms with Gasteiger partial charge < -0.3 is 10.5 Å². The summed E-state index contributed by atoms with van der Waals surface area (Å²) in [7, 11) is 1.35. The third-order valence-corrected chi connectivity index (χ3v) is 0.541. The maximum absolute atomic E-state index is 9.60. The summed E-state index contributed by atoms with van der Waals surface area (Å²) in [5.41, 5.74) is 4.54. The number of amides is 1. The summed E-state index contributed by atoms with van der Waals surface area (Å²) in [6.07, 6.45) is -0.181. The van der Waals surface area contributed by atoms with E-state index in [0.717, 1.165) is 0 Å². The standard InChI is InChI=1S/C3H4N2O.C3H6O2/c4-2-1-3(5)6;1-3(4)5-2/h1H2,(H2,5,6);1-2H3. The number of rotatable bonds is 1. The van der Waals surface area contributed by atoms with Gasteiger partial charge in [0.1, 0.15) is 6.42 Å². The highest BCUT2D eigenvalue weighted by molar-refractivity contribution is 5.75. The molecule has 0 saturated heterocycles. The second-order valence-corrected chi connectivity index (χ2v) is 1.50. The minimum atomic E-state index is -0.572. The minimum Gasteiger partial charge on any atom is -0.469 e. The molecular weight excluding hydrogens is 148 g/mol. The number of hydrogen-bond donors (Lipinski definition) is 1. The SMILES string of the molecule is COC(C)=O.N#CCC(N)=O. The molecule has 5 heteroatoms. The molecule has 1 amide bonds. The number of carbonyl (C=O) groups excluding carboxylic acids is 2. The molecule has 0 radical (unpaired) electrons. The first kappa shape index (κ1) is 12.1. The van der Waals surface area contributed by atoms with Crippen molar-refractivity contribution in [1.82, 2.24) is 0 Å². The molecule has 0 spiro atoms. The zero-order chi connectivity index (χ0) is 9.28. The van der Waals surface area contributed by atoms with Gasteiger partial charge in [-0.05, 0) is 0 Å². The van der Waals surface area contributed by atoms with E-state index < -0.39 is 5.91 Å². The van der Waals surface area contributed by atoms with E-state index in [1.54, 1.807) is 6.07 Å². The van der Waals surface area contributed by atoms with Crippen LogP contribution in [-0.2, 0) is 14.3 Å². The number of hydrogen-bond acceptors (Lipinski definition) is 4. The van der Waals surface area contributed by atoms with Gasteiger partial charge in [-0.2, -0.15) is 5.26 Å². The van der Waals surface area contributed by atoms with Crippen LogP contribution in [0.4, 0.5) is 0 Å². The lowest BCUT2D eigenvalue weighted by atomic mass is 10.5. The van der Waals surface area contributed by atoms with E-state index in [0.29, 0.717) is 0 Å². The van der Waals surface area contributed by atoms with E-state index in [9.17, 15) is 9.59 Å². The van der Waals surface area contributed by atoms with Gasteiger partial charge in [0, 0.05) is 6.92 Å². The predicted molar refractivity (Wildman–Crippen MR) is 37.1 cm³/mol. The fourth-order valence-corrected chi connectivity index (χ4v) is 0.0779. The highest BCUT2D eigenvalue weighted by atomic mass is 16.5. The van der Waals surface area contributed by atoms with Crippen molar-refractivity contribution in [3.05, 3.63) is 0 Å². The molecule has 0 aliphatic carbocycles. The summed E-state index contributed by atoms with van der Waals surface area (Å²) in [6, 6.07) is 1.59.